The molecule has 0 aliphatic carbocycles. The molecule has 2 unspecified atom stereocenters. The largest absolute Gasteiger partial charge is 0.419 e. The maximum Gasteiger partial charge on any atom is 0.419 e. The van der Waals surface area contributed by atoms with Gasteiger partial charge in [-0.15, -0.1) is 0 Å². The van der Waals surface area contributed by atoms with Crippen molar-refractivity contribution < 1.29 is 42.5 Å². The van der Waals surface area contributed by atoms with Crippen LogP contribution in [0.3, 0.4) is 0 Å². The second kappa shape index (κ2) is 8.47. The highest BCUT2D eigenvalue weighted by atomic mass is 19.4. The van der Waals surface area contributed by atoms with Crippen molar-refractivity contribution in [2.24, 2.45) is 16.1 Å². The summed E-state index contributed by atoms with van der Waals surface area (Å²) in [7, 11) is 1.39. The van der Waals surface area contributed by atoms with Gasteiger partial charge in [0, 0.05) is 6.54 Å². The van der Waals surface area contributed by atoms with E-state index in [1.54, 1.807) is 4.90 Å². The Hall–Kier alpha value is -2.32. The number of fused-ring (bicyclic) bond motifs is 1. The summed E-state index contributed by atoms with van der Waals surface area (Å²) in [5, 5.41) is 39.5. The van der Waals surface area contributed by atoms with E-state index in [-0.39, 0.29) is 11.5 Å². The molecule has 4 N–H and O–H groups in total. The summed E-state index contributed by atoms with van der Waals surface area (Å²) in [4.78, 5) is 10.7. The lowest BCUT2D eigenvalue weighted by molar-refractivity contribution is -0.140. The van der Waals surface area contributed by atoms with Crippen molar-refractivity contribution in [2.75, 3.05) is 13.7 Å². The molecule has 0 amide bonds. The van der Waals surface area contributed by atoms with Crippen molar-refractivity contribution in [2.45, 2.75) is 55.8 Å². The van der Waals surface area contributed by atoms with Gasteiger partial charge in [-0.25, -0.2) is 9.38 Å². The lowest BCUT2D eigenvalue weighted by Gasteiger charge is -2.35. The van der Waals surface area contributed by atoms with Gasteiger partial charge >= 0.3 is 6.18 Å². The molecule has 2 fully saturated rings. The average molecular weight is 476 g/mol. The van der Waals surface area contributed by atoms with Crippen molar-refractivity contribution in [3.05, 3.63) is 35.1 Å². The number of rotatable bonds is 4. The van der Waals surface area contributed by atoms with Gasteiger partial charge in [-0.3, -0.25) is 4.90 Å². The maximum atomic E-state index is 14.0. The first-order chi connectivity index (χ1) is 15.5. The predicted octanol–water partition coefficient (Wildman–Crippen LogP) is 0.954. The Balaban J connectivity index is 1.57. The number of nitrogens with one attached hydrogen (secondary N) is 1. The van der Waals surface area contributed by atoms with Gasteiger partial charge in [-0.05, 0) is 31.0 Å². The number of ether oxygens (including phenoxy) is 1. The molecule has 3 aliphatic heterocycles. The Morgan fingerprint density at radius 1 is 1.39 bits per heavy atom. The third kappa shape index (κ3) is 4.08. The first kappa shape index (κ1) is 23.8. The molecule has 182 valence electrons. The molecule has 3 heterocycles. The molecule has 0 saturated carbocycles. The van der Waals surface area contributed by atoms with Crippen LogP contribution in [0.5, 0.6) is 0 Å². The number of alkyl halides is 3. The SMILES string of the molecule is CO/N=C1/N=CNC2C1CCN2[C@@H]1O[C@H]([C@H](O)c2ccc(C(F)(F)F)c(F)c2)[C@@](C)(O)[C@H]1O. The van der Waals surface area contributed by atoms with E-state index in [2.05, 4.69) is 15.5 Å². The topological polar surface area (TPSA) is 119 Å². The number of oxime groups is 1. The van der Waals surface area contributed by atoms with Crippen molar-refractivity contribution in [1.29, 1.82) is 0 Å². The number of aliphatic imine (C=N–C) groups is 1. The normalized spacial score (nSPS) is 36.6. The van der Waals surface area contributed by atoms with Crippen LogP contribution in [-0.4, -0.2) is 76.3 Å². The zero-order chi connectivity index (χ0) is 24.1. The highest BCUT2D eigenvalue weighted by molar-refractivity contribution is 5.93. The Morgan fingerprint density at radius 2 is 2.12 bits per heavy atom. The minimum absolute atomic E-state index is 0.191. The zero-order valence-electron chi connectivity index (χ0n) is 17.7. The van der Waals surface area contributed by atoms with E-state index in [0.29, 0.717) is 30.9 Å². The van der Waals surface area contributed by atoms with Gasteiger partial charge in [0.05, 0.1) is 24.0 Å². The first-order valence-corrected chi connectivity index (χ1v) is 10.2. The molecule has 7 atom stereocenters. The molecule has 9 nitrogen and oxygen atoms in total. The third-order valence-corrected chi connectivity index (χ3v) is 6.38. The Bertz CT molecular complexity index is 957. The molecular weight excluding hydrogens is 452 g/mol. The van der Waals surface area contributed by atoms with E-state index in [9.17, 15) is 32.9 Å². The first-order valence-electron chi connectivity index (χ1n) is 10.2. The molecule has 0 radical (unpaired) electrons. The number of halogens is 4. The van der Waals surface area contributed by atoms with Gasteiger partial charge in [0.15, 0.2) is 5.84 Å². The number of amidine groups is 1. The second-order valence-corrected chi connectivity index (χ2v) is 8.43. The van der Waals surface area contributed by atoms with Crippen LogP contribution in [0.2, 0.25) is 0 Å². The van der Waals surface area contributed by atoms with Gasteiger partial charge < -0.3 is 30.2 Å². The minimum Gasteiger partial charge on any atom is -0.398 e. The van der Waals surface area contributed by atoms with Crippen LogP contribution >= 0.6 is 0 Å². The van der Waals surface area contributed by atoms with Gasteiger partial charge in [-0.2, -0.15) is 13.2 Å². The van der Waals surface area contributed by atoms with E-state index >= 15 is 0 Å². The number of likely N-dealkylation sites (tertiary alicyclic amines) is 1. The van der Waals surface area contributed by atoms with Crippen LogP contribution < -0.4 is 5.32 Å². The minimum atomic E-state index is -4.89. The molecule has 4 rings (SSSR count). The van der Waals surface area contributed by atoms with Crippen LogP contribution in [0.15, 0.2) is 28.3 Å². The summed E-state index contributed by atoms with van der Waals surface area (Å²) in [5.74, 6) is -1.31. The van der Waals surface area contributed by atoms with Crippen molar-refractivity contribution >= 4 is 12.2 Å². The molecule has 0 aromatic heterocycles. The van der Waals surface area contributed by atoms with Crippen molar-refractivity contribution in [3.8, 4) is 0 Å². The van der Waals surface area contributed by atoms with E-state index in [4.69, 9.17) is 9.57 Å². The Kier molecular flexibility index (Phi) is 6.12. The lowest BCUT2D eigenvalue weighted by Crippen LogP contribution is -2.56. The molecule has 0 spiro atoms. The Morgan fingerprint density at radius 3 is 2.76 bits per heavy atom. The van der Waals surface area contributed by atoms with E-state index in [1.165, 1.54) is 20.4 Å². The number of nitrogens with zero attached hydrogens (tertiary/aromatic N) is 3. The van der Waals surface area contributed by atoms with Gasteiger partial charge in [0.1, 0.15) is 43.1 Å². The fourth-order valence-electron chi connectivity index (χ4n) is 4.64. The van der Waals surface area contributed by atoms with Crippen LogP contribution in [0.1, 0.15) is 30.6 Å². The fourth-order valence-corrected chi connectivity index (χ4v) is 4.64. The maximum absolute atomic E-state index is 14.0. The van der Waals surface area contributed by atoms with Crippen LogP contribution in [0.25, 0.3) is 0 Å². The quantitative estimate of drug-likeness (QED) is 0.378. The van der Waals surface area contributed by atoms with Gasteiger partial charge in [0.2, 0.25) is 0 Å². The van der Waals surface area contributed by atoms with E-state index in [0.717, 1.165) is 6.07 Å². The summed E-state index contributed by atoms with van der Waals surface area (Å²) in [5.41, 5.74) is -3.69. The Labute approximate surface area is 186 Å². The summed E-state index contributed by atoms with van der Waals surface area (Å²) < 4.78 is 58.4. The van der Waals surface area contributed by atoms with Crippen LogP contribution in [0.4, 0.5) is 17.6 Å². The average Bonchev–Trinajstić information content (AvgIpc) is 3.26. The van der Waals surface area contributed by atoms with Crippen LogP contribution in [-0.2, 0) is 15.8 Å². The summed E-state index contributed by atoms with van der Waals surface area (Å²) >= 11 is 0. The highest BCUT2D eigenvalue weighted by Gasteiger charge is 2.59. The lowest BCUT2D eigenvalue weighted by atomic mass is 9.88. The van der Waals surface area contributed by atoms with Gasteiger partial charge in [0.25, 0.3) is 0 Å². The molecule has 33 heavy (non-hydrogen) atoms. The molecule has 13 heteroatoms. The van der Waals surface area contributed by atoms with Crippen LogP contribution in [0, 0.1) is 11.7 Å². The van der Waals surface area contributed by atoms with E-state index < -0.39 is 53.9 Å². The monoisotopic (exact) mass is 476 g/mol. The smallest absolute Gasteiger partial charge is 0.398 e. The third-order valence-electron chi connectivity index (χ3n) is 6.38. The van der Waals surface area contributed by atoms with Crippen molar-refractivity contribution in [1.82, 2.24) is 10.2 Å². The molecule has 1 aromatic carbocycles. The van der Waals surface area contributed by atoms with Crippen molar-refractivity contribution in [3.63, 3.8) is 0 Å². The number of benzene rings is 1. The summed E-state index contributed by atoms with van der Waals surface area (Å²) in [6.45, 7) is 1.66. The summed E-state index contributed by atoms with van der Waals surface area (Å²) in [6.07, 6.45) is -8.99. The second-order valence-electron chi connectivity index (χ2n) is 8.43. The molecule has 0 bridgehead atoms. The standard InChI is InChI=1S/C20H24F4N4O5/c1-19(31)14(30)18(28-6-5-10-16(27-32-2)25-8-26-17(10)28)33-15(19)13(29)9-3-4-11(12(21)7-9)20(22,23)24/h3-4,7-8,10,13-15,17-18,29-31H,5-6H2,1-2H3,(H,25,26,27)/t10?,13-,14+,15-,17?,18-,19+/m1/s1. The molecule has 1 aromatic rings. The number of hydrogen-bond acceptors (Lipinski definition) is 8. The number of aliphatic hydroxyl groups excluding tert-OH is 2. The van der Waals surface area contributed by atoms with Gasteiger partial charge in [-0.1, -0.05) is 11.2 Å². The number of hydrogen-bond donors (Lipinski definition) is 4. The summed E-state index contributed by atoms with van der Waals surface area (Å²) in [6, 6.07) is 1.97. The fraction of sp³-hybridized carbons (Fsp3) is 0.600. The molecule has 2 saturated heterocycles. The number of aliphatic hydroxyl groups is 3. The highest BCUT2D eigenvalue weighted by Crippen LogP contribution is 2.42. The van der Waals surface area contributed by atoms with E-state index in [1.807, 2.05) is 0 Å². The molecular formula is C20H24F4N4O5. The molecule has 3 aliphatic rings. The predicted molar refractivity (Wildman–Crippen MR) is 106 cm³/mol. The zero-order valence-corrected chi connectivity index (χ0v) is 17.7.